The molecular weight excluding hydrogens is 412 g/mol. The molecule has 0 spiro atoms. The highest BCUT2D eigenvalue weighted by molar-refractivity contribution is 8.15. The Bertz CT molecular complexity index is 1250. The van der Waals surface area contributed by atoms with Crippen LogP contribution >= 0.6 is 11.8 Å². The number of nitrogens with one attached hydrogen (secondary N) is 1. The number of rotatable bonds is 3. The van der Waals surface area contributed by atoms with Crippen molar-refractivity contribution in [2.24, 2.45) is 4.40 Å². The minimum Gasteiger partial charge on any atom is -0.319 e. The molecule has 1 amide bonds. The van der Waals surface area contributed by atoms with Crippen LogP contribution in [0.5, 0.6) is 0 Å². The Balaban J connectivity index is 1.43. The number of sulfonamides is 1. The lowest BCUT2D eigenvalue weighted by molar-refractivity contribution is 0.102. The SMILES string of the molecule is O=C(Nc1cccnc1-n1cccn1)c1ccc2c(c1)SC1=NS(=O)(=O)CCN12. The number of carbonyl (C=O) groups is 1. The van der Waals surface area contributed by atoms with E-state index in [1.165, 1.54) is 11.8 Å². The molecule has 0 radical (unpaired) electrons. The monoisotopic (exact) mass is 426 g/mol. The molecular formula is C18H14N6O3S2. The highest BCUT2D eigenvalue weighted by Gasteiger charge is 2.33. The lowest BCUT2D eigenvalue weighted by Gasteiger charge is -2.22. The van der Waals surface area contributed by atoms with E-state index >= 15 is 0 Å². The first kappa shape index (κ1) is 17.9. The van der Waals surface area contributed by atoms with Crippen molar-refractivity contribution in [3.63, 3.8) is 0 Å². The molecule has 0 atom stereocenters. The van der Waals surface area contributed by atoms with Gasteiger partial charge in [-0.15, -0.1) is 4.40 Å². The zero-order valence-electron chi connectivity index (χ0n) is 14.9. The average molecular weight is 426 g/mol. The van der Waals surface area contributed by atoms with Crippen LogP contribution in [0, 0.1) is 0 Å². The maximum absolute atomic E-state index is 12.8. The summed E-state index contributed by atoms with van der Waals surface area (Å²) in [6.07, 6.45) is 5.01. The van der Waals surface area contributed by atoms with Gasteiger partial charge in [-0.2, -0.15) is 5.10 Å². The van der Waals surface area contributed by atoms with Crippen molar-refractivity contribution in [1.29, 1.82) is 0 Å². The van der Waals surface area contributed by atoms with E-state index in [0.717, 1.165) is 10.6 Å². The third-order valence-corrected chi connectivity index (χ3v) is 6.80. The summed E-state index contributed by atoms with van der Waals surface area (Å²) in [5, 5.41) is 7.46. The molecule has 0 saturated carbocycles. The molecule has 2 aromatic heterocycles. The minimum atomic E-state index is -3.42. The van der Waals surface area contributed by atoms with Crippen LogP contribution in [0.25, 0.3) is 5.82 Å². The maximum Gasteiger partial charge on any atom is 0.257 e. The summed E-state index contributed by atoms with van der Waals surface area (Å²) in [5.41, 5.74) is 1.84. The number of carbonyl (C=O) groups excluding carboxylic acids is 1. The second kappa shape index (κ2) is 6.71. The van der Waals surface area contributed by atoms with Gasteiger partial charge >= 0.3 is 0 Å². The number of fused-ring (bicyclic) bond motifs is 3. The summed E-state index contributed by atoms with van der Waals surface area (Å²) in [7, 11) is -3.42. The van der Waals surface area contributed by atoms with Crippen LogP contribution < -0.4 is 10.2 Å². The van der Waals surface area contributed by atoms with E-state index in [-0.39, 0.29) is 11.7 Å². The molecule has 29 heavy (non-hydrogen) atoms. The normalized spacial score (nSPS) is 16.7. The fourth-order valence-electron chi connectivity index (χ4n) is 3.14. The van der Waals surface area contributed by atoms with Crippen molar-refractivity contribution >= 4 is 44.2 Å². The molecule has 2 aliphatic rings. The molecule has 5 rings (SSSR count). The summed E-state index contributed by atoms with van der Waals surface area (Å²) in [5.74, 6) is 0.197. The van der Waals surface area contributed by atoms with Crippen molar-refractivity contribution in [2.45, 2.75) is 4.90 Å². The first-order chi connectivity index (χ1) is 14.0. The van der Waals surface area contributed by atoms with Crippen LogP contribution in [0.2, 0.25) is 0 Å². The smallest absolute Gasteiger partial charge is 0.257 e. The molecule has 4 heterocycles. The molecule has 0 unspecified atom stereocenters. The number of thioether (sulfide) groups is 1. The van der Waals surface area contributed by atoms with Gasteiger partial charge < -0.3 is 10.2 Å². The number of hydrogen-bond acceptors (Lipinski definition) is 7. The van der Waals surface area contributed by atoms with E-state index in [1.807, 2.05) is 11.0 Å². The Morgan fingerprint density at radius 2 is 2.07 bits per heavy atom. The van der Waals surface area contributed by atoms with E-state index in [9.17, 15) is 13.2 Å². The van der Waals surface area contributed by atoms with Gasteiger partial charge in [0.25, 0.3) is 15.9 Å². The van der Waals surface area contributed by atoms with Gasteiger partial charge in [-0.25, -0.2) is 18.1 Å². The van der Waals surface area contributed by atoms with Crippen molar-refractivity contribution < 1.29 is 13.2 Å². The van der Waals surface area contributed by atoms with Gasteiger partial charge in [0.2, 0.25) is 0 Å². The molecule has 0 aliphatic carbocycles. The van der Waals surface area contributed by atoms with Gasteiger partial charge in [0.15, 0.2) is 11.0 Å². The molecule has 0 saturated heterocycles. The van der Waals surface area contributed by atoms with Gasteiger partial charge in [0, 0.05) is 35.6 Å². The van der Waals surface area contributed by atoms with Gasteiger partial charge in [-0.05, 0) is 48.2 Å². The van der Waals surface area contributed by atoms with E-state index in [4.69, 9.17) is 0 Å². The fourth-order valence-corrected chi connectivity index (χ4v) is 5.43. The molecule has 9 nitrogen and oxygen atoms in total. The van der Waals surface area contributed by atoms with Gasteiger partial charge in [0.1, 0.15) is 0 Å². The fraction of sp³-hybridized carbons (Fsp3) is 0.111. The van der Waals surface area contributed by atoms with Crippen LogP contribution in [-0.2, 0) is 10.0 Å². The van der Waals surface area contributed by atoms with Crippen molar-refractivity contribution in [1.82, 2.24) is 14.8 Å². The van der Waals surface area contributed by atoms with E-state index in [2.05, 4.69) is 19.8 Å². The van der Waals surface area contributed by atoms with E-state index < -0.39 is 10.0 Å². The minimum absolute atomic E-state index is 0.0179. The first-order valence-electron chi connectivity index (χ1n) is 8.69. The summed E-state index contributed by atoms with van der Waals surface area (Å²) >= 11 is 1.25. The standard InChI is InChI=1S/C18H14N6O3S2/c25-17(21-13-3-1-6-19-16(13)24-8-2-7-20-24)12-4-5-14-15(11-12)28-18-22-29(26,27)10-9-23(14)18/h1-8,11H,9-10H2,(H,21,25). The lowest BCUT2D eigenvalue weighted by Crippen LogP contribution is -2.35. The molecule has 11 heteroatoms. The van der Waals surface area contributed by atoms with Crippen molar-refractivity contribution in [3.8, 4) is 5.82 Å². The zero-order chi connectivity index (χ0) is 20.0. The Morgan fingerprint density at radius 1 is 1.17 bits per heavy atom. The van der Waals surface area contributed by atoms with Crippen LogP contribution in [0.4, 0.5) is 11.4 Å². The second-order valence-electron chi connectivity index (χ2n) is 6.38. The van der Waals surface area contributed by atoms with Crippen LogP contribution in [0.1, 0.15) is 10.4 Å². The largest absolute Gasteiger partial charge is 0.319 e. The van der Waals surface area contributed by atoms with Crippen LogP contribution in [-0.4, -0.2) is 46.6 Å². The predicted octanol–water partition coefficient (Wildman–Crippen LogP) is 2.13. The number of hydrogen-bond donors (Lipinski definition) is 1. The number of pyridine rings is 1. The molecule has 0 bridgehead atoms. The molecule has 2 aliphatic heterocycles. The second-order valence-corrected chi connectivity index (χ2v) is 9.14. The number of benzene rings is 1. The highest BCUT2D eigenvalue weighted by Crippen LogP contribution is 2.42. The Labute approximate surface area is 170 Å². The highest BCUT2D eigenvalue weighted by atomic mass is 32.2. The molecule has 1 N–H and O–H groups in total. The zero-order valence-corrected chi connectivity index (χ0v) is 16.5. The maximum atomic E-state index is 12.8. The van der Waals surface area contributed by atoms with Gasteiger partial charge in [-0.1, -0.05) is 0 Å². The predicted molar refractivity (Wildman–Crippen MR) is 110 cm³/mol. The third-order valence-electron chi connectivity index (χ3n) is 4.49. The summed E-state index contributed by atoms with van der Waals surface area (Å²) < 4.78 is 28.9. The number of anilines is 2. The van der Waals surface area contributed by atoms with Crippen LogP contribution in [0.15, 0.2) is 64.3 Å². The number of amidine groups is 1. The van der Waals surface area contributed by atoms with Crippen LogP contribution in [0.3, 0.4) is 0 Å². The quantitative estimate of drug-likeness (QED) is 0.683. The Kier molecular flexibility index (Phi) is 4.14. The topological polar surface area (TPSA) is 110 Å². The summed E-state index contributed by atoms with van der Waals surface area (Å²) in [6.45, 7) is 0.357. The summed E-state index contributed by atoms with van der Waals surface area (Å²) in [6, 6.07) is 10.5. The number of amides is 1. The third kappa shape index (κ3) is 3.28. The van der Waals surface area contributed by atoms with E-state index in [0.29, 0.717) is 28.8 Å². The number of nitrogens with zero attached hydrogens (tertiary/aromatic N) is 5. The Hall–Kier alpha value is -3.18. The van der Waals surface area contributed by atoms with Crippen molar-refractivity contribution in [3.05, 3.63) is 60.6 Å². The van der Waals surface area contributed by atoms with Gasteiger partial charge in [-0.3, -0.25) is 4.79 Å². The molecule has 1 aromatic carbocycles. The first-order valence-corrected chi connectivity index (χ1v) is 11.1. The average Bonchev–Trinajstić information content (AvgIpc) is 3.34. The van der Waals surface area contributed by atoms with Crippen molar-refractivity contribution in [2.75, 3.05) is 22.5 Å². The van der Waals surface area contributed by atoms with Gasteiger partial charge in [0.05, 0.1) is 17.1 Å². The van der Waals surface area contributed by atoms with E-state index in [1.54, 1.807) is 53.6 Å². The number of aromatic nitrogens is 3. The summed E-state index contributed by atoms with van der Waals surface area (Å²) in [4.78, 5) is 19.8. The Morgan fingerprint density at radius 3 is 2.90 bits per heavy atom. The lowest BCUT2D eigenvalue weighted by atomic mass is 10.1. The molecule has 0 fully saturated rings. The molecule has 146 valence electrons. The molecule has 3 aromatic rings.